The maximum absolute atomic E-state index is 14.9. The molecule has 13 heteroatoms. The van der Waals surface area contributed by atoms with Crippen LogP contribution in [0.15, 0.2) is 71.8 Å². The number of carbonyl (C=O) groups excluding carboxylic acids is 2. The number of rotatable bonds is 8. The highest BCUT2D eigenvalue weighted by Gasteiger charge is 2.59. The summed E-state index contributed by atoms with van der Waals surface area (Å²) in [6.07, 6.45) is 3.67. The van der Waals surface area contributed by atoms with Gasteiger partial charge in [0.25, 0.3) is 15.9 Å². The monoisotopic (exact) mass is 657 g/mol. The van der Waals surface area contributed by atoms with Crippen molar-refractivity contribution in [1.82, 2.24) is 25.0 Å². The number of hydrogen-bond donors (Lipinski definition) is 1. The summed E-state index contributed by atoms with van der Waals surface area (Å²) in [6.45, 7) is 9.57. The Bertz CT molecular complexity index is 1780. The lowest BCUT2D eigenvalue weighted by atomic mass is 9.83. The minimum Gasteiger partial charge on any atom is -0.478 e. The lowest BCUT2D eigenvalue weighted by Crippen LogP contribution is -2.61. The predicted molar refractivity (Wildman–Crippen MR) is 175 cm³/mol. The fourth-order valence-corrected chi connectivity index (χ4v) is 8.39. The highest BCUT2D eigenvalue weighted by Crippen LogP contribution is 2.49. The highest BCUT2D eigenvalue weighted by atomic mass is 32.2. The first-order valence-electron chi connectivity index (χ1n) is 16.1. The van der Waals surface area contributed by atoms with Crippen molar-refractivity contribution in [2.75, 3.05) is 56.7 Å². The number of nitrogens with zero attached hydrogens (tertiary/aromatic N) is 6. The maximum atomic E-state index is 14.9. The summed E-state index contributed by atoms with van der Waals surface area (Å²) < 4.78 is 34.9. The number of piperidine rings is 1. The fourth-order valence-electron chi connectivity index (χ4n) is 6.90. The van der Waals surface area contributed by atoms with Gasteiger partial charge in [-0.2, -0.15) is 9.57 Å². The van der Waals surface area contributed by atoms with Gasteiger partial charge in [0.15, 0.2) is 5.54 Å². The van der Waals surface area contributed by atoms with Crippen LogP contribution >= 0.6 is 0 Å². The third kappa shape index (κ3) is 5.81. The number of fused-ring (bicyclic) bond motifs is 1. The molecular weight excluding hydrogens is 618 g/mol. The number of pyridine rings is 1. The van der Waals surface area contributed by atoms with E-state index in [4.69, 9.17) is 4.74 Å². The zero-order valence-electron chi connectivity index (χ0n) is 26.6. The van der Waals surface area contributed by atoms with Crippen LogP contribution in [0.1, 0.15) is 43.4 Å². The van der Waals surface area contributed by atoms with Crippen LogP contribution in [-0.2, 0) is 20.4 Å². The minimum atomic E-state index is -4.45. The number of benzene rings is 2. The summed E-state index contributed by atoms with van der Waals surface area (Å²) >= 11 is 0. The van der Waals surface area contributed by atoms with E-state index >= 15 is 0 Å². The van der Waals surface area contributed by atoms with E-state index in [9.17, 15) is 23.3 Å². The van der Waals surface area contributed by atoms with Gasteiger partial charge in [0.1, 0.15) is 0 Å². The van der Waals surface area contributed by atoms with E-state index in [-0.39, 0.29) is 39.8 Å². The molecule has 1 N–H and O–H groups in total. The summed E-state index contributed by atoms with van der Waals surface area (Å²) in [5.74, 6) is -0.853. The second-order valence-corrected chi connectivity index (χ2v) is 13.7. The number of aromatic nitrogens is 1. The van der Waals surface area contributed by atoms with Crippen molar-refractivity contribution >= 4 is 27.6 Å². The molecule has 0 aliphatic carbocycles. The van der Waals surface area contributed by atoms with Gasteiger partial charge in [0.2, 0.25) is 5.88 Å². The van der Waals surface area contributed by atoms with Gasteiger partial charge in [-0.1, -0.05) is 25.1 Å². The first-order valence-corrected chi connectivity index (χ1v) is 17.5. The van der Waals surface area contributed by atoms with Crippen molar-refractivity contribution in [3.8, 4) is 11.9 Å². The molecule has 1 aromatic heterocycles. The predicted octanol–water partition coefficient (Wildman–Crippen LogP) is 3.14. The molecular formula is C34H39N7O5S. The Balaban J connectivity index is 1.40. The number of nitriles is 1. The Labute approximate surface area is 275 Å². The third-order valence-electron chi connectivity index (χ3n) is 9.41. The molecule has 47 heavy (non-hydrogen) atoms. The molecule has 246 valence electrons. The Morgan fingerprint density at radius 3 is 2.38 bits per heavy atom. The Morgan fingerprint density at radius 2 is 1.72 bits per heavy atom. The van der Waals surface area contributed by atoms with Crippen molar-refractivity contribution in [3.63, 3.8) is 0 Å². The van der Waals surface area contributed by atoms with Crippen molar-refractivity contribution in [3.05, 3.63) is 83.6 Å². The molecule has 3 aliphatic rings. The molecule has 1 unspecified atom stereocenters. The van der Waals surface area contributed by atoms with E-state index in [0.717, 1.165) is 36.8 Å². The zero-order chi connectivity index (χ0) is 33.2. The number of nitrogens with one attached hydrogen (secondary N) is 1. The van der Waals surface area contributed by atoms with Crippen LogP contribution < -0.4 is 14.4 Å². The number of piperazine rings is 1. The number of hydrogen-bond acceptors (Lipinski definition) is 9. The second kappa shape index (κ2) is 13.3. The Kier molecular flexibility index (Phi) is 9.18. The standard InChI is InChI=1S/C34H39N7O5S/c1-3-38-17-14-26(15-18-38)39-19-21-40(22-20-39)33(43)37-34(28-11-8-16-36-31(28)46-4-2)29-23-25(24-35)12-13-30(29)41(32(34)42)47(44,45)27-9-6-5-7-10-27/h5-13,16,23,26H,3-4,14-15,17-22H2,1-2H3,(H,37,43). The van der Waals surface area contributed by atoms with E-state index in [0.29, 0.717) is 32.2 Å². The fraction of sp³-hybridized carbons (Fsp3) is 0.412. The minimum absolute atomic E-state index is 0.0349. The lowest BCUT2D eigenvalue weighted by molar-refractivity contribution is -0.121. The van der Waals surface area contributed by atoms with Gasteiger partial charge in [-0.05, 0) is 81.9 Å². The summed E-state index contributed by atoms with van der Waals surface area (Å²) in [5, 5.41) is 12.8. The van der Waals surface area contributed by atoms with Gasteiger partial charge in [-0.25, -0.2) is 18.2 Å². The van der Waals surface area contributed by atoms with E-state index in [1.807, 2.05) is 0 Å². The molecule has 3 aliphatic heterocycles. The number of amides is 3. The zero-order valence-corrected chi connectivity index (χ0v) is 27.4. The van der Waals surface area contributed by atoms with Crippen molar-refractivity contribution in [2.24, 2.45) is 0 Å². The SMILES string of the molecule is CCOc1ncccc1C1(NC(=O)N2CCN(C3CCN(CC)CC3)CC2)C(=O)N(S(=O)(=O)c2ccccc2)c2ccc(C#N)cc21. The lowest BCUT2D eigenvalue weighted by Gasteiger charge is -2.43. The van der Waals surface area contributed by atoms with Crippen molar-refractivity contribution < 1.29 is 22.7 Å². The van der Waals surface area contributed by atoms with E-state index in [1.165, 1.54) is 36.5 Å². The average molecular weight is 658 g/mol. The van der Waals surface area contributed by atoms with Crippen LogP contribution in [0.2, 0.25) is 0 Å². The molecule has 2 saturated heterocycles. The normalized spacial score (nSPS) is 20.9. The second-order valence-electron chi connectivity index (χ2n) is 11.9. The average Bonchev–Trinajstić information content (AvgIpc) is 3.36. The van der Waals surface area contributed by atoms with Crippen molar-refractivity contribution in [1.29, 1.82) is 5.26 Å². The highest BCUT2D eigenvalue weighted by molar-refractivity contribution is 7.93. The topological polar surface area (TPSA) is 139 Å². The van der Waals surface area contributed by atoms with Crippen LogP contribution in [0, 0.1) is 11.3 Å². The van der Waals surface area contributed by atoms with Gasteiger partial charge < -0.3 is 19.9 Å². The molecule has 0 radical (unpaired) electrons. The van der Waals surface area contributed by atoms with E-state index in [2.05, 4.69) is 33.1 Å². The van der Waals surface area contributed by atoms with Crippen molar-refractivity contribution in [2.45, 2.75) is 43.2 Å². The van der Waals surface area contributed by atoms with Gasteiger partial charge in [-0.15, -0.1) is 0 Å². The van der Waals surface area contributed by atoms with Gasteiger partial charge >= 0.3 is 6.03 Å². The van der Waals surface area contributed by atoms with Crippen LogP contribution in [0.3, 0.4) is 0 Å². The number of carbonyl (C=O) groups is 2. The molecule has 1 atom stereocenters. The van der Waals surface area contributed by atoms with E-state index < -0.39 is 27.5 Å². The molecule has 2 aromatic carbocycles. The first-order chi connectivity index (χ1) is 22.7. The van der Waals surface area contributed by atoms with Crippen LogP contribution in [0.25, 0.3) is 0 Å². The molecule has 6 rings (SSSR count). The molecule has 3 aromatic rings. The first kappa shape index (κ1) is 32.4. The number of ether oxygens (including phenoxy) is 1. The number of sulfonamides is 1. The quantitative estimate of drug-likeness (QED) is 0.387. The summed E-state index contributed by atoms with van der Waals surface area (Å²) in [6, 6.07) is 17.2. The van der Waals surface area contributed by atoms with E-state index in [1.54, 1.807) is 42.2 Å². The molecule has 2 fully saturated rings. The summed E-state index contributed by atoms with van der Waals surface area (Å²) in [4.78, 5) is 40.0. The number of urea groups is 1. The Morgan fingerprint density at radius 1 is 1.00 bits per heavy atom. The van der Waals surface area contributed by atoms with Crippen LogP contribution in [0.5, 0.6) is 5.88 Å². The smallest absolute Gasteiger partial charge is 0.318 e. The summed E-state index contributed by atoms with van der Waals surface area (Å²) in [7, 11) is -4.45. The summed E-state index contributed by atoms with van der Waals surface area (Å²) in [5.41, 5.74) is -1.52. The molecule has 0 spiro atoms. The largest absolute Gasteiger partial charge is 0.478 e. The van der Waals surface area contributed by atoms with Gasteiger partial charge in [0.05, 0.1) is 34.4 Å². The Hall–Kier alpha value is -4.51. The number of anilines is 1. The number of likely N-dealkylation sites (tertiary alicyclic amines) is 1. The van der Waals surface area contributed by atoms with Gasteiger partial charge in [-0.3, -0.25) is 9.69 Å². The van der Waals surface area contributed by atoms with Crippen LogP contribution in [-0.4, -0.2) is 98.5 Å². The molecule has 0 bridgehead atoms. The molecule has 4 heterocycles. The molecule has 12 nitrogen and oxygen atoms in total. The molecule has 0 saturated carbocycles. The van der Waals surface area contributed by atoms with Gasteiger partial charge in [0, 0.05) is 44.0 Å². The molecule has 3 amide bonds. The third-order valence-corrected chi connectivity index (χ3v) is 11.1. The van der Waals surface area contributed by atoms with Crippen LogP contribution in [0.4, 0.5) is 10.5 Å². The maximum Gasteiger partial charge on any atom is 0.318 e.